The summed E-state index contributed by atoms with van der Waals surface area (Å²) in [5.41, 5.74) is 6.47. The van der Waals surface area contributed by atoms with Crippen LogP contribution in [0.4, 0.5) is 0 Å². The van der Waals surface area contributed by atoms with E-state index in [0.29, 0.717) is 19.6 Å². The fraction of sp³-hybridized carbons (Fsp3) is 0.625. The number of piperidine rings is 1. The van der Waals surface area contributed by atoms with Gasteiger partial charge in [0, 0.05) is 36.9 Å². The van der Waals surface area contributed by atoms with E-state index in [-0.39, 0.29) is 11.4 Å². The van der Waals surface area contributed by atoms with Crippen LogP contribution in [-0.4, -0.2) is 35.7 Å². The first kappa shape index (κ1) is 15.9. The highest BCUT2D eigenvalue weighted by atomic mass is 16.7. The predicted molar refractivity (Wildman–Crippen MR) is 81.3 cm³/mol. The Morgan fingerprint density at radius 2 is 2.05 bits per heavy atom. The molecule has 5 nitrogen and oxygen atoms in total. The third-order valence-electron chi connectivity index (χ3n) is 4.10. The average molecular weight is 291 g/mol. The maximum Gasteiger partial charge on any atom is 0.330 e. The quantitative estimate of drug-likeness (QED) is 0.921. The second-order valence-electron chi connectivity index (χ2n) is 6.76. The number of carbonyl (C=O) groups is 1. The summed E-state index contributed by atoms with van der Waals surface area (Å²) in [5, 5.41) is 1.75. The minimum absolute atomic E-state index is 0.105. The van der Waals surface area contributed by atoms with Crippen LogP contribution in [0.5, 0.6) is 0 Å². The number of rotatable bonds is 3. The van der Waals surface area contributed by atoms with Crippen molar-refractivity contribution in [2.75, 3.05) is 19.6 Å². The van der Waals surface area contributed by atoms with Gasteiger partial charge in [0.25, 0.3) is 0 Å². The van der Waals surface area contributed by atoms with Crippen molar-refractivity contribution >= 4 is 5.97 Å². The van der Waals surface area contributed by atoms with Gasteiger partial charge in [-0.3, -0.25) is 4.98 Å². The molecule has 1 aromatic heterocycles. The van der Waals surface area contributed by atoms with Gasteiger partial charge < -0.3 is 10.6 Å². The Hall–Kier alpha value is -1.46. The standard InChI is InChI=1S/C16H25N3O2/c1-15(2,3)14(20)21-19-10-7-16(12-17,8-11-19)13-6-4-5-9-18-13/h4-6,9H,7-8,10-12,17H2,1-3H3. The molecule has 1 aliphatic rings. The van der Waals surface area contributed by atoms with Crippen LogP contribution in [0.25, 0.3) is 0 Å². The van der Waals surface area contributed by atoms with Crippen molar-refractivity contribution in [2.24, 2.45) is 11.1 Å². The minimum atomic E-state index is -0.483. The van der Waals surface area contributed by atoms with E-state index in [1.807, 2.05) is 39.0 Å². The van der Waals surface area contributed by atoms with Crippen LogP contribution >= 0.6 is 0 Å². The van der Waals surface area contributed by atoms with Crippen LogP contribution < -0.4 is 5.73 Å². The number of nitrogens with two attached hydrogens (primary N) is 1. The zero-order chi connectivity index (χ0) is 15.5. The van der Waals surface area contributed by atoms with Crippen molar-refractivity contribution in [3.8, 4) is 0 Å². The molecule has 1 aliphatic heterocycles. The second kappa shape index (κ2) is 6.12. The lowest BCUT2D eigenvalue weighted by Crippen LogP contribution is -2.48. The topological polar surface area (TPSA) is 68.5 Å². The first-order valence-electron chi connectivity index (χ1n) is 7.46. The predicted octanol–water partition coefficient (Wildman–Crippen LogP) is 1.88. The van der Waals surface area contributed by atoms with E-state index >= 15 is 0 Å². The summed E-state index contributed by atoms with van der Waals surface area (Å²) >= 11 is 0. The molecule has 1 aromatic rings. The maximum atomic E-state index is 11.9. The summed E-state index contributed by atoms with van der Waals surface area (Å²) < 4.78 is 0. The lowest BCUT2D eigenvalue weighted by Gasteiger charge is -2.40. The van der Waals surface area contributed by atoms with E-state index in [1.54, 1.807) is 11.3 Å². The van der Waals surface area contributed by atoms with E-state index in [9.17, 15) is 4.79 Å². The molecule has 0 saturated carbocycles. The highest BCUT2D eigenvalue weighted by Gasteiger charge is 2.38. The van der Waals surface area contributed by atoms with Gasteiger partial charge >= 0.3 is 5.97 Å². The molecular formula is C16H25N3O2. The SMILES string of the molecule is CC(C)(C)C(=O)ON1CCC(CN)(c2ccccn2)CC1. The van der Waals surface area contributed by atoms with Gasteiger partial charge in [0.1, 0.15) is 0 Å². The summed E-state index contributed by atoms with van der Waals surface area (Å²) in [7, 11) is 0. The van der Waals surface area contributed by atoms with Crippen LogP contribution in [0, 0.1) is 5.41 Å². The zero-order valence-corrected chi connectivity index (χ0v) is 13.1. The molecule has 116 valence electrons. The first-order valence-corrected chi connectivity index (χ1v) is 7.46. The molecule has 0 spiro atoms. The zero-order valence-electron chi connectivity index (χ0n) is 13.1. The van der Waals surface area contributed by atoms with E-state index in [4.69, 9.17) is 10.6 Å². The van der Waals surface area contributed by atoms with Gasteiger partial charge in [-0.05, 0) is 45.7 Å². The Labute approximate surface area is 126 Å². The third-order valence-corrected chi connectivity index (χ3v) is 4.10. The largest absolute Gasteiger partial charge is 0.367 e. The summed E-state index contributed by atoms with van der Waals surface area (Å²) in [6.45, 7) is 7.52. The molecule has 0 atom stereocenters. The van der Waals surface area contributed by atoms with Gasteiger partial charge in [-0.2, -0.15) is 0 Å². The fourth-order valence-corrected chi connectivity index (χ4v) is 2.50. The molecule has 1 fully saturated rings. The molecule has 0 aliphatic carbocycles. The van der Waals surface area contributed by atoms with Crippen LogP contribution in [0.1, 0.15) is 39.3 Å². The Bertz CT molecular complexity index is 474. The van der Waals surface area contributed by atoms with Crippen LogP contribution in [0.15, 0.2) is 24.4 Å². The summed E-state index contributed by atoms with van der Waals surface area (Å²) in [4.78, 5) is 21.9. The van der Waals surface area contributed by atoms with E-state index in [1.165, 1.54) is 0 Å². The van der Waals surface area contributed by atoms with Gasteiger partial charge in [-0.1, -0.05) is 6.07 Å². The molecule has 1 saturated heterocycles. The fourth-order valence-electron chi connectivity index (χ4n) is 2.50. The van der Waals surface area contributed by atoms with Crippen LogP contribution in [-0.2, 0) is 15.0 Å². The molecule has 0 unspecified atom stereocenters. The molecule has 0 amide bonds. The molecule has 0 radical (unpaired) electrons. The van der Waals surface area contributed by atoms with Gasteiger partial charge in [-0.15, -0.1) is 5.06 Å². The van der Waals surface area contributed by atoms with Gasteiger partial charge in [0.2, 0.25) is 0 Å². The number of hydrogen-bond acceptors (Lipinski definition) is 5. The van der Waals surface area contributed by atoms with Crippen molar-refractivity contribution in [2.45, 2.75) is 39.0 Å². The normalized spacial score (nSPS) is 19.2. The summed E-state index contributed by atoms with van der Waals surface area (Å²) in [5.74, 6) is -0.194. The number of hydroxylamine groups is 2. The van der Waals surface area contributed by atoms with Crippen LogP contribution in [0.3, 0.4) is 0 Å². The molecular weight excluding hydrogens is 266 g/mol. The van der Waals surface area contributed by atoms with E-state index in [0.717, 1.165) is 18.5 Å². The van der Waals surface area contributed by atoms with Gasteiger partial charge in [-0.25, -0.2) is 4.79 Å². The highest BCUT2D eigenvalue weighted by Crippen LogP contribution is 2.33. The Morgan fingerprint density at radius 1 is 1.38 bits per heavy atom. The monoisotopic (exact) mass is 291 g/mol. The molecule has 2 heterocycles. The molecule has 0 aromatic carbocycles. The number of carbonyl (C=O) groups excluding carboxylic acids is 1. The van der Waals surface area contributed by atoms with Gasteiger partial charge in [0.05, 0.1) is 5.41 Å². The molecule has 2 rings (SSSR count). The molecule has 5 heteroatoms. The lowest BCUT2D eigenvalue weighted by molar-refractivity contribution is -0.206. The number of aromatic nitrogens is 1. The lowest BCUT2D eigenvalue weighted by atomic mass is 9.76. The number of hydrogen-bond donors (Lipinski definition) is 1. The van der Waals surface area contributed by atoms with Crippen LogP contribution in [0.2, 0.25) is 0 Å². The van der Waals surface area contributed by atoms with Crippen molar-refractivity contribution < 1.29 is 9.63 Å². The second-order valence-corrected chi connectivity index (χ2v) is 6.76. The number of nitrogens with zero attached hydrogens (tertiary/aromatic N) is 2. The Kier molecular flexibility index (Phi) is 4.64. The highest BCUT2D eigenvalue weighted by molar-refractivity contribution is 5.75. The average Bonchev–Trinajstić information content (AvgIpc) is 2.48. The van der Waals surface area contributed by atoms with Crippen molar-refractivity contribution in [1.82, 2.24) is 10.0 Å². The molecule has 2 N–H and O–H groups in total. The summed E-state index contributed by atoms with van der Waals surface area (Å²) in [6, 6.07) is 5.93. The number of pyridine rings is 1. The molecule has 21 heavy (non-hydrogen) atoms. The smallest absolute Gasteiger partial charge is 0.330 e. The van der Waals surface area contributed by atoms with Gasteiger partial charge in [0.15, 0.2) is 0 Å². The molecule has 0 bridgehead atoms. The van der Waals surface area contributed by atoms with Crippen molar-refractivity contribution in [3.05, 3.63) is 30.1 Å². The van der Waals surface area contributed by atoms with Crippen molar-refractivity contribution in [1.29, 1.82) is 0 Å². The maximum absolute atomic E-state index is 11.9. The summed E-state index contributed by atoms with van der Waals surface area (Å²) in [6.07, 6.45) is 3.49. The van der Waals surface area contributed by atoms with Crippen molar-refractivity contribution in [3.63, 3.8) is 0 Å². The van der Waals surface area contributed by atoms with E-state index < -0.39 is 5.41 Å². The Balaban J connectivity index is 2.00. The van der Waals surface area contributed by atoms with E-state index in [2.05, 4.69) is 4.98 Å². The third kappa shape index (κ3) is 3.60. The first-order chi connectivity index (χ1) is 9.87. The minimum Gasteiger partial charge on any atom is -0.367 e. The Morgan fingerprint density at radius 3 is 2.52 bits per heavy atom.